The van der Waals surface area contributed by atoms with E-state index in [1.807, 2.05) is 0 Å². The summed E-state index contributed by atoms with van der Waals surface area (Å²) in [5.74, 6) is 5.02. The SMILES string of the molecule is CC(C)CCC[C@@H](C)[C@H]1CC[C@H]2[C@@H]3CC=C4C[C@@H](c5cc6ccc7cccc8ccc(c5CCCC(=O)O)c6c78)CC[C@]4(C)[C@H]3CC[C@]12C. The molecule has 0 radical (unpaired) electrons. The lowest BCUT2D eigenvalue weighted by molar-refractivity contribution is -0.137. The Bertz CT molecular complexity index is 1860. The second kappa shape index (κ2) is 12.7. The minimum absolute atomic E-state index is 0.232. The average Bonchev–Trinajstić information content (AvgIpc) is 3.44. The number of allylic oxidation sites excluding steroid dienone is 2. The van der Waals surface area contributed by atoms with Crippen LogP contribution in [0.3, 0.4) is 0 Å². The van der Waals surface area contributed by atoms with Crippen LogP contribution in [0.1, 0.15) is 135 Å². The first-order valence-electron chi connectivity index (χ1n) is 20.2. The molecule has 4 aliphatic rings. The number of rotatable bonds is 10. The van der Waals surface area contributed by atoms with Gasteiger partial charge in [-0.05, 0) is 160 Å². The lowest BCUT2D eigenvalue weighted by Gasteiger charge is -2.58. The van der Waals surface area contributed by atoms with Crippen molar-refractivity contribution in [2.24, 2.45) is 46.3 Å². The molecule has 3 fully saturated rings. The molecule has 0 aromatic heterocycles. The zero-order chi connectivity index (χ0) is 34.1. The van der Waals surface area contributed by atoms with Crippen molar-refractivity contribution in [1.82, 2.24) is 0 Å². The molecule has 1 N–H and O–H groups in total. The number of carbonyl (C=O) groups is 1. The van der Waals surface area contributed by atoms with Crippen molar-refractivity contribution < 1.29 is 9.90 Å². The summed E-state index contributed by atoms with van der Waals surface area (Å²) in [5.41, 5.74) is 5.55. The summed E-state index contributed by atoms with van der Waals surface area (Å²) in [7, 11) is 0. The first kappa shape index (κ1) is 33.3. The Balaban J connectivity index is 1.09. The zero-order valence-corrected chi connectivity index (χ0v) is 31.0. The van der Waals surface area contributed by atoms with Gasteiger partial charge in [-0.1, -0.05) is 114 Å². The normalized spacial score (nSPS) is 32.0. The molecule has 3 saturated carbocycles. The number of hydrogen-bond donors (Lipinski definition) is 1. The van der Waals surface area contributed by atoms with Crippen molar-refractivity contribution in [3.8, 4) is 0 Å². The van der Waals surface area contributed by atoms with Crippen LogP contribution in [0.15, 0.2) is 60.2 Å². The van der Waals surface area contributed by atoms with Crippen LogP contribution in [0.4, 0.5) is 0 Å². The molecule has 260 valence electrons. The molecule has 8 rings (SSSR count). The van der Waals surface area contributed by atoms with Gasteiger partial charge in [-0.25, -0.2) is 0 Å². The minimum Gasteiger partial charge on any atom is -0.481 e. The van der Waals surface area contributed by atoms with Gasteiger partial charge in [0, 0.05) is 6.42 Å². The van der Waals surface area contributed by atoms with Gasteiger partial charge >= 0.3 is 5.97 Å². The van der Waals surface area contributed by atoms with Crippen molar-refractivity contribution in [3.63, 3.8) is 0 Å². The van der Waals surface area contributed by atoms with Crippen LogP contribution in [0.2, 0.25) is 0 Å². The molecule has 0 aliphatic heterocycles. The highest BCUT2D eigenvalue weighted by Gasteiger charge is 2.59. The highest BCUT2D eigenvalue weighted by atomic mass is 16.4. The van der Waals surface area contributed by atoms with Crippen LogP contribution in [0, 0.1) is 46.3 Å². The smallest absolute Gasteiger partial charge is 0.303 e. The lowest BCUT2D eigenvalue weighted by Crippen LogP contribution is -2.50. The molecule has 8 atom stereocenters. The molecule has 4 aromatic rings. The highest BCUT2D eigenvalue weighted by molar-refractivity contribution is 6.23. The minimum atomic E-state index is -0.688. The molecule has 2 nitrogen and oxygen atoms in total. The van der Waals surface area contributed by atoms with Crippen molar-refractivity contribution in [2.45, 2.75) is 130 Å². The average molecular weight is 657 g/mol. The van der Waals surface area contributed by atoms with E-state index in [-0.39, 0.29) is 6.42 Å². The Morgan fingerprint density at radius 2 is 1.63 bits per heavy atom. The van der Waals surface area contributed by atoms with Crippen LogP contribution in [0.25, 0.3) is 32.3 Å². The predicted molar refractivity (Wildman–Crippen MR) is 207 cm³/mol. The van der Waals surface area contributed by atoms with Crippen LogP contribution >= 0.6 is 0 Å². The summed E-state index contributed by atoms with van der Waals surface area (Å²) in [5, 5.41) is 17.6. The van der Waals surface area contributed by atoms with Crippen LogP contribution in [0.5, 0.6) is 0 Å². The predicted octanol–water partition coefficient (Wildman–Crippen LogP) is 13.1. The molecule has 4 aliphatic carbocycles. The number of aryl methyl sites for hydroxylation is 1. The summed E-state index contributed by atoms with van der Waals surface area (Å²) in [6, 6.07) is 18.4. The van der Waals surface area contributed by atoms with Gasteiger partial charge < -0.3 is 5.11 Å². The van der Waals surface area contributed by atoms with Crippen molar-refractivity contribution in [2.75, 3.05) is 0 Å². The van der Waals surface area contributed by atoms with Crippen LogP contribution in [-0.2, 0) is 11.2 Å². The van der Waals surface area contributed by atoms with E-state index >= 15 is 0 Å². The molecule has 0 bridgehead atoms. The highest BCUT2D eigenvalue weighted by Crippen LogP contribution is 2.68. The number of aliphatic carboxylic acids is 1. The van der Waals surface area contributed by atoms with Gasteiger partial charge in [0.15, 0.2) is 0 Å². The first-order valence-corrected chi connectivity index (χ1v) is 20.2. The molecule has 0 saturated heterocycles. The summed E-state index contributed by atoms with van der Waals surface area (Å²) < 4.78 is 0. The first-order chi connectivity index (χ1) is 23.6. The van der Waals surface area contributed by atoms with Crippen molar-refractivity contribution in [3.05, 3.63) is 71.3 Å². The maximum atomic E-state index is 11.6. The maximum Gasteiger partial charge on any atom is 0.303 e. The summed E-state index contributed by atoms with van der Waals surface area (Å²) in [6.07, 6.45) is 19.5. The molecular weight excluding hydrogens is 597 g/mol. The molecule has 0 spiro atoms. The number of carboxylic acid groups (broad SMARTS) is 1. The van der Waals surface area contributed by atoms with Gasteiger partial charge in [-0.3, -0.25) is 4.79 Å². The van der Waals surface area contributed by atoms with Gasteiger partial charge in [0.2, 0.25) is 0 Å². The third-order valence-corrected chi connectivity index (χ3v) is 15.4. The summed E-state index contributed by atoms with van der Waals surface area (Å²) >= 11 is 0. The third kappa shape index (κ3) is 5.54. The van der Waals surface area contributed by atoms with E-state index in [0.717, 1.165) is 41.9 Å². The van der Waals surface area contributed by atoms with Crippen molar-refractivity contribution in [1.29, 1.82) is 0 Å². The van der Waals surface area contributed by atoms with E-state index in [1.165, 1.54) is 114 Å². The molecular formula is C47H60O2. The third-order valence-electron chi connectivity index (χ3n) is 15.4. The monoisotopic (exact) mass is 656 g/mol. The van der Waals surface area contributed by atoms with Gasteiger partial charge in [-0.15, -0.1) is 0 Å². The van der Waals surface area contributed by atoms with E-state index in [0.29, 0.717) is 23.2 Å². The van der Waals surface area contributed by atoms with E-state index in [1.54, 1.807) is 5.57 Å². The largest absolute Gasteiger partial charge is 0.481 e. The van der Waals surface area contributed by atoms with Gasteiger partial charge in [-0.2, -0.15) is 0 Å². The Kier molecular flexibility index (Phi) is 8.64. The van der Waals surface area contributed by atoms with Gasteiger partial charge in [0.25, 0.3) is 0 Å². The lowest BCUT2D eigenvalue weighted by atomic mass is 9.46. The standard InChI is InChI=1S/C47H60O2/c1-29(2)9-6-10-30(3)40-21-22-41-38-20-18-35-27-33(23-25-46(35,4)42(38)24-26-47(40,41)5)39-28-34-16-15-31-11-7-12-32-17-19-37(45(34)44(31)32)36(39)13-8-14-43(48)49/h7,11-12,15-19,28-30,33,38,40-42H,6,8-10,13-14,20-27H2,1-5H3,(H,48,49)/t30-,33+,38+,40-,41+,42+,46+,47-/m1/s1. The Morgan fingerprint density at radius 3 is 2.41 bits per heavy atom. The summed E-state index contributed by atoms with van der Waals surface area (Å²) in [4.78, 5) is 11.6. The number of benzene rings is 4. The Morgan fingerprint density at radius 1 is 0.857 bits per heavy atom. The zero-order valence-electron chi connectivity index (χ0n) is 31.0. The van der Waals surface area contributed by atoms with Crippen LogP contribution < -0.4 is 0 Å². The second-order valence-corrected chi connectivity index (χ2v) is 18.3. The second-order valence-electron chi connectivity index (χ2n) is 18.3. The quantitative estimate of drug-likeness (QED) is 0.136. The summed E-state index contributed by atoms with van der Waals surface area (Å²) in [6.45, 7) is 12.8. The topological polar surface area (TPSA) is 37.3 Å². The van der Waals surface area contributed by atoms with Gasteiger partial charge in [0.1, 0.15) is 0 Å². The molecule has 0 heterocycles. The fraction of sp³-hybridized carbons (Fsp3) is 0.596. The van der Waals surface area contributed by atoms with E-state index in [4.69, 9.17) is 0 Å². The molecule has 0 unspecified atom stereocenters. The Labute approximate surface area is 295 Å². The number of hydrogen-bond acceptors (Lipinski definition) is 1. The van der Waals surface area contributed by atoms with E-state index in [2.05, 4.69) is 89.2 Å². The van der Waals surface area contributed by atoms with E-state index in [9.17, 15) is 9.90 Å². The molecule has 4 aromatic carbocycles. The maximum absolute atomic E-state index is 11.6. The fourth-order valence-electron chi connectivity index (χ4n) is 12.9. The number of carboxylic acids is 1. The molecule has 0 amide bonds. The number of fused-ring (bicyclic) bond motifs is 5. The van der Waals surface area contributed by atoms with Crippen molar-refractivity contribution >= 4 is 38.3 Å². The molecule has 2 heteroatoms. The van der Waals surface area contributed by atoms with E-state index < -0.39 is 5.97 Å². The Hall–Kier alpha value is -2.87. The van der Waals surface area contributed by atoms with Gasteiger partial charge in [0.05, 0.1) is 0 Å². The fourth-order valence-corrected chi connectivity index (χ4v) is 12.9. The molecule has 49 heavy (non-hydrogen) atoms. The van der Waals surface area contributed by atoms with Crippen LogP contribution in [-0.4, -0.2) is 11.1 Å².